The minimum Gasteiger partial charge on any atom is -0.490 e. The molecule has 136 valence electrons. The maximum atomic E-state index is 11.9. The van der Waals surface area contributed by atoms with Crippen LogP contribution in [-0.2, 0) is 6.42 Å². The normalized spacial score (nSPS) is 10.7. The molecule has 1 aromatic heterocycles. The van der Waals surface area contributed by atoms with Gasteiger partial charge in [-0.2, -0.15) is 0 Å². The zero-order valence-electron chi connectivity index (χ0n) is 14.6. The molecule has 3 rings (SSSR count). The molecule has 5 nitrogen and oxygen atoms in total. The minimum absolute atomic E-state index is 0.205. The van der Waals surface area contributed by atoms with Crippen LogP contribution in [0.15, 0.2) is 48.7 Å². The van der Waals surface area contributed by atoms with E-state index in [1.807, 2.05) is 43.5 Å². The summed E-state index contributed by atoms with van der Waals surface area (Å²) in [5, 5.41) is 7.40. The zero-order chi connectivity index (χ0) is 18.4. The first-order valence-corrected chi connectivity index (χ1v) is 8.97. The van der Waals surface area contributed by atoms with E-state index in [0.29, 0.717) is 30.5 Å². The molecule has 6 heteroatoms. The highest BCUT2D eigenvalue weighted by atomic mass is 35.5. The topological polar surface area (TPSA) is 66.2 Å². The summed E-state index contributed by atoms with van der Waals surface area (Å²) in [7, 11) is 0. The fraction of sp³-hybridized carbons (Fsp3) is 0.250. The highest BCUT2D eigenvalue weighted by Gasteiger charge is 2.05. The largest absolute Gasteiger partial charge is 0.490 e. The van der Waals surface area contributed by atoms with E-state index in [1.165, 1.54) is 10.9 Å². The molecule has 0 aliphatic rings. The Labute approximate surface area is 157 Å². The number of aryl methyl sites for hydroxylation is 1. The van der Waals surface area contributed by atoms with Crippen molar-refractivity contribution in [3.05, 3.63) is 64.8 Å². The van der Waals surface area contributed by atoms with Crippen molar-refractivity contribution in [1.82, 2.24) is 15.6 Å². The van der Waals surface area contributed by atoms with Gasteiger partial charge in [-0.1, -0.05) is 35.9 Å². The Morgan fingerprint density at radius 2 is 1.96 bits per heavy atom. The number of para-hydroxylation sites is 1. The van der Waals surface area contributed by atoms with Crippen molar-refractivity contribution in [2.45, 2.75) is 13.3 Å². The number of ether oxygens (including phenoxy) is 1. The maximum absolute atomic E-state index is 11.9. The second kappa shape index (κ2) is 8.63. The molecule has 26 heavy (non-hydrogen) atoms. The van der Waals surface area contributed by atoms with Crippen LogP contribution in [0.3, 0.4) is 0 Å². The third-order valence-corrected chi connectivity index (χ3v) is 4.40. The number of H-pyrrole nitrogens is 1. The molecule has 0 atom stereocenters. The quantitative estimate of drug-likeness (QED) is 0.548. The van der Waals surface area contributed by atoms with Crippen molar-refractivity contribution in [2.24, 2.45) is 0 Å². The predicted molar refractivity (Wildman–Crippen MR) is 105 cm³/mol. The van der Waals surface area contributed by atoms with Crippen LogP contribution in [0.4, 0.5) is 4.79 Å². The molecule has 2 aromatic carbocycles. The van der Waals surface area contributed by atoms with Gasteiger partial charge in [-0.3, -0.25) is 0 Å². The van der Waals surface area contributed by atoms with Gasteiger partial charge in [-0.05, 0) is 42.7 Å². The molecule has 0 radical (unpaired) electrons. The number of nitrogens with one attached hydrogen (secondary N) is 3. The van der Waals surface area contributed by atoms with Crippen LogP contribution in [0.1, 0.15) is 11.1 Å². The number of urea groups is 1. The van der Waals surface area contributed by atoms with Gasteiger partial charge in [0.1, 0.15) is 12.4 Å². The van der Waals surface area contributed by atoms with E-state index in [9.17, 15) is 4.79 Å². The van der Waals surface area contributed by atoms with Crippen molar-refractivity contribution in [1.29, 1.82) is 0 Å². The third-order valence-electron chi connectivity index (χ3n) is 4.09. The standard InChI is InChI=1S/C20H22ClN3O2/c1-14-6-7-17(21)19(12-14)26-11-10-23-20(25)22-9-8-15-13-24-18-5-3-2-4-16(15)18/h2-7,12-13,24H,8-11H2,1H3,(H2,22,23,25). The Kier molecular flexibility index (Phi) is 6.02. The van der Waals surface area contributed by atoms with Gasteiger partial charge in [0.25, 0.3) is 0 Å². The molecule has 0 saturated heterocycles. The van der Waals surface area contributed by atoms with E-state index in [1.54, 1.807) is 6.07 Å². The van der Waals surface area contributed by atoms with E-state index < -0.39 is 0 Å². The van der Waals surface area contributed by atoms with Crippen LogP contribution >= 0.6 is 11.6 Å². The molecule has 2 amide bonds. The van der Waals surface area contributed by atoms with Crippen LogP contribution in [0.5, 0.6) is 5.75 Å². The van der Waals surface area contributed by atoms with E-state index >= 15 is 0 Å². The molecule has 0 aliphatic heterocycles. The Morgan fingerprint density at radius 1 is 1.15 bits per heavy atom. The lowest BCUT2D eigenvalue weighted by molar-refractivity contribution is 0.236. The van der Waals surface area contributed by atoms with Crippen LogP contribution in [0, 0.1) is 6.92 Å². The molecular formula is C20H22ClN3O2. The van der Waals surface area contributed by atoms with Crippen LogP contribution < -0.4 is 15.4 Å². The first kappa shape index (κ1) is 18.1. The summed E-state index contributed by atoms with van der Waals surface area (Å²) in [6, 6.07) is 13.5. The Balaban J connectivity index is 1.36. The number of fused-ring (bicyclic) bond motifs is 1. The second-order valence-electron chi connectivity index (χ2n) is 6.07. The number of rotatable bonds is 7. The lowest BCUT2D eigenvalue weighted by atomic mass is 10.1. The Hall–Kier alpha value is -2.66. The molecule has 3 N–H and O–H groups in total. The van der Waals surface area contributed by atoms with E-state index in [0.717, 1.165) is 17.5 Å². The van der Waals surface area contributed by atoms with Gasteiger partial charge >= 0.3 is 6.03 Å². The summed E-state index contributed by atoms with van der Waals surface area (Å²) in [5.41, 5.74) is 3.38. The third kappa shape index (κ3) is 4.70. The highest BCUT2D eigenvalue weighted by molar-refractivity contribution is 6.32. The molecular weight excluding hydrogens is 350 g/mol. The summed E-state index contributed by atoms with van der Waals surface area (Å²) in [4.78, 5) is 15.1. The van der Waals surface area contributed by atoms with Gasteiger partial charge in [-0.25, -0.2) is 4.79 Å². The number of hydrogen-bond acceptors (Lipinski definition) is 2. The summed E-state index contributed by atoms with van der Waals surface area (Å²) in [6.45, 7) is 3.31. The van der Waals surface area contributed by atoms with Gasteiger partial charge in [-0.15, -0.1) is 0 Å². The number of benzene rings is 2. The molecule has 0 aliphatic carbocycles. The Bertz CT molecular complexity index is 892. The number of hydrogen-bond donors (Lipinski definition) is 3. The van der Waals surface area contributed by atoms with Gasteiger partial charge in [0.15, 0.2) is 0 Å². The first-order chi connectivity index (χ1) is 12.6. The molecule has 0 saturated carbocycles. The number of aromatic amines is 1. The van der Waals surface area contributed by atoms with E-state index in [-0.39, 0.29) is 6.03 Å². The molecule has 0 spiro atoms. The fourth-order valence-corrected chi connectivity index (χ4v) is 2.93. The molecule has 1 heterocycles. The maximum Gasteiger partial charge on any atom is 0.314 e. The number of carbonyl (C=O) groups is 1. The lowest BCUT2D eigenvalue weighted by Gasteiger charge is -2.10. The van der Waals surface area contributed by atoms with Crippen LogP contribution in [-0.4, -0.2) is 30.7 Å². The number of aromatic nitrogens is 1. The van der Waals surface area contributed by atoms with Crippen molar-refractivity contribution in [3.8, 4) is 5.75 Å². The van der Waals surface area contributed by atoms with Gasteiger partial charge < -0.3 is 20.4 Å². The smallest absolute Gasteiger partial charge is 0.314 e. The number of carbonyl (C=O) groups excluding carboxylic acids is 1. The summed E-state index contributed by atoms with van der Waals surface area (Å²) in [5.74, 6) is 0.633. The minimum atomic E-state index is -0.205. The predicted octanol–water partition coefficient (Wildman–Crippen LogP) is 4.05. The SMILES string of the molecule is Cc1ccc(Cl)c(OCCNC(=O)NCCc2c[nH]c3ccccc23)c1. The highest BCUT2D eigenvalue weighted by Crippen LogP contribution is 2.24. The molecule has 0 unspecified atom stereocenters. The van der Waals surface area contributed by atoms with Crippen molar-refractivity contribution >= 4 is 28.5 Å². The average molecular weight is 372 g/mol. The molecule has 0 fully saturated rings. The number of halogens is 1. The van der Waals surface area contributed by atoms with Crippen LogP contribution in [0.25, 0.3) is 10.9 Å². The molecule has 3 aromatic rings. The zero-order valence-corrected chi connectivity index (χ0v) is 15.4. The van der Waals surface area contributed by atoms with E-state index in [2.05, 4.69) is 21.7 Å². The number of amides is 2. The monoisotopic (exact) mass is 371 g/mol. The summed E-state index contributed by atoms with van der Waals surface area (Å²) in [6.07, 6.45) is 2.76. The van der Waals surface area contributed by atoms with Crippen molar-refractivity contribution in [3.63, 3.8) is 0 Å². The van der Waals surface area contributed by atoms with Gasteiger partial charge in [0.05, 0.1) is 11.6 Å². The molecule has 0 bridgehead atoms. The summed E-state index contributed by atoms with van der Waals surface area (Å²) >= 11 is 6.07. The first-order valence-electron chi connectivity index (χ1n) is 8.59. The summed E-state index contributed by atoms with van der Waals surface area (Å²) < 4.78 is 5.60. The van der Waals surface area contributed by atoms with Gasteiger partial charge in [0.2, 0.25) is 0 Å². The fourth-order valence-electron chi connectivity index (χ4n) is 2.76. The van der Waals surface area contributed by atoms with Gasteiger partial charge in [0, 0.05) is 23.6 Å². The lowest BCUT2D eigenvalue weighted by Crippen LogP contribution is -2.38. The second-order valence-corrected chi connectivity index (χ2v) is 6.48. The van der Waals surface area contributed by atoms with Crippen LogP contribution in [0.2, 0.25) is 5.02 Å². The van der Waals surface area contributed by atoms with Crippen molar-refractivity contribution in [2.75, 3.05) is 19.7 Å². The van der Waals surface area contributed by atoms with Crippen molar-refractivity contribution < 1.29 is 9.53 Å². The van der Waals surface area contributed by atoms with E-state index in [4.69, 9.17) is 16.3 Å². The average Bonchev–Trinajstić information content (AvgIpc) is 3.05. The Morgan fingerprint density at radius 3 is 2.85 bits per heavy atom.